The van der Waals surface area contributed by atoms with Crippen molar-refractivity contribution < 1.29 is 19.4 Å². The number of hydrogen-bond acceptors (Lipinski definition) is 5. The lowest BCUT2D eigenvalue weighted by Crippen LogP contribution is -2.17. The van der Waals surface area contributed by atoms with Crippen LogP contribution in [0.25, 0.3) is 10.9 Å². The predicted molar refractivity (Wildman–Crippen MR) is 87.5 cm³/mol. The van der Waals surface area contributed by atoms with Crippen molar-refractivity contribution in [1.29, 1.82) is 0 Å². The third kappa shape index (κ3) is 2.71. The van der Waals surface area contributed by atoms with Crippen molar-refractivity contribution >= 4 is 22.6 Å². The van der Waals surface area contributed by atoms with Crippen molar-refractivity contribution in [1.82, 2.24) is 10.2 Å². The number of hydrogen-bond donors (Lipinski definition) is 3. The third-order valence-electron chi connectivity index (χ3n) is 3.78. The normalized spacial score (nSPS) is 13.0. The Morgan fingerprint density at radius 1 is 1.17 bits per heavy atom. The summed E-state index contributed by atoms with van der Waals surface area (Å²) >= 11 is 0. The average Bonchev–Trinajstić information content (AvgIpc) is 2.97. The second-order valence-corrected chi connectivity index (χ2v) is 5.51. The van der Waals surface area contributed by atoms with Gasteiger partial charge in [0.2, 0.25) is 5.91 Å². The number of ether oxygens (including phenoxy) is 2. The molecule has 3 N–H and O–H groups in total. The first-order valence-corrected chi connectivity index (χ1v) is 7.54. The Balaban J connectivity index is 1.51. The molecule has 1 amide bonds. The molecule has 0 unspecified atom stereocenters. The maximum absolute atomic E-state index is 12.3. The van der Waals surface area contributed by atoms with E-state index in [1.807, 2.05) is 12.1 Å². The van der Waals surface area contributed by atoms with Gasteiger partial charge in [0.25, 0.3) is 0 Å². The van der Waals surface area contributed by atoms with E-state index in [0.29, 0.717) is 35.9 Å². The molecule has 0 saturated carbocycles. The number of nitrogens with one attached hydrogen (secondary N) is 2. The van der Waals surface area contributed by atoms with E-state index in [0.717, 1.165) is 11.1 Å². The second kappa shape index (κ2) is 5.77. The quantitative estimate of drug-likeness (QED) is 0.686. The van der Waals surface area contributed by atoms with E-state index in [2.05, 4.69) is 15.5 Å². The SMILES string of the molecule is O=C(Cc1ccc2c(c1)OCCO2)Nc1n[nH]c2ccc(O)cc12. The van der Waals surface area contributed by atoms with Gasteiger partial charge in [0.15, 0.2) is 17.3 Å². The molecule has 0 bridgehead atoms. The van der Waals surface area contributed by atoms with E-state index in [1.54, 1.807) is 24.3 Å². The van der Waals surface area contributed by atoms with Crippen molar-refractivity contribution in [3.63, 3.8) is 0 Å². The Morgan fingerprint density at radius 3 is 2.88 bits per heavy atom. The van der Waals surface area contributed by atoms with Crippen LogP contribution in [-0.2, 0) is 11.2 Å². The summed E-state index contributed by atoms with van der Waals surface area (Å²) in [5.74, 6) is 1.65. The van der Waals surface area contributed by atoms with Crippen LogP contribution in [0, 0.1) is 0 Å². The third-order valence-corrected chi connectivity index (χ3v) is 3.78. The molecule has 0 fully saturated rings. The number of nitrogens with zero attached hydrogens (tertiary/aromatic N) is 1. The number of H-pyrrole nitrogens is 1. The van der Waals surface area contributed by atoms with Gasteiger partial charge >= 0.3 is 0 Å². The van der Waals surface area contributed by atoms with E-state index in [4.69, 9.17) is 9.47 Å². The summed E-state index contributed by atoms with van der Waals surface area (Å²) in [6, 6.07) is 10.3. The Morgan fingerprint density at radius 2 is 2.00 bits per heavy atom. The molecule has 24 heavy (non-hydrogen) atoms. The van der Waals surface area contributed by atoms with Gasteiger partial charge in [-0.05, 0) is 35.9 Å². The minimum absolute atomic E-state index is 0.117. The monoisotopic (exact) mass is 325 g/mol. The number of phenolic OH excluding ortho intramolecular Hbond substituents is 1. The number of aromatic nitrogens is 2. The lowest BCUT2D eigenvalue weighted by atomic mass is 10.1. The van der Waals surface area contributed by atoms with Crippen LogP contribution in [0.1, 0.15) is 5.56 Å². The summed E-state index contributed by atoms with van der Waals surface area (Å²) in [4.78, 5) is 12.3. The Kier molecular flexibility index (Phi) is 3.45. The smallest absolute Gasteiger partial charge is 0.230 e. The molecular weight excluding hydrogens is 310 g/mol. The highest BCUT2D eigenvalue weighted by atomic mass is 16.6. The summed E-state index contributed by atoms with van der Waals surface area (Å²) < 4.78 is 11.0. The van der Waals surface area contributed by atoms with Crippen molar-refractivity contribution in [3.8, 4) is 17.2 Å². The molecule has 3 aromatic rings. The van der Waals surface area contributed by atoms with Gasteiger partial charge < -0.3 is 19.9 Å². The van der Waals surface area contributed by atoms with Crippen molar-refractivity contribution in [2.75, 3.05) is 18.5 Å². The molecule has 2 aromatic carbocycles. The second-order valence-electron chi connectivity index (χ2n) is 5.51. The average molecular weight is 325 g/mol. The van der Waals surface area contributed by atoms with E-state index >= 15 is 0 Å². The van der Waals surface area contributed by atoms with Crippen LogP contribution < -0.4 is 14.8 Å². The number of rotatable bonds is 3. The van der Waals surface area contributed by atoms with Gasteiger partial charge in [0, 0.05) is 5.39 Å². The number of fused-ring (bicyclic) bond motifs is 2. The largest absolute Gasteiger partial charge is 0.508 e. The molecule has 0 atom stereocenters. The van der Waals surface area contributed by atoms with Gasteiger partial charge in [-0.25, -0.2) is 0 Å². The molecular formula is C17H15N3O4. The lowest BCUT2D eigenvalue weighted by molar-refractivity contribution is -0.115. The first kappa shape index (κ1) is 14.4. The van der Waals surface area contributed by atoms with Gasteiger partial charge in [-0.15, -0.1) is 0 Å². The number of aromatic amines is 1. The standard InChI is InChI=1S/C17H15N3O4/c21-11-2-3-13-12(9-11)17(20-19-13)18-16(22)8-10-1-4-14-15(7-10)24-6-5-23-14/h1-4,7,9,21H,5-6,8H2,(H2,18,19,20,22). The van der Waals surface area contributed by atoms with Crippen LogP contribution in [0.3, 0.4) is 0 Å². The summed E-state index contributed by atoms with van der Waals surface area (Å²) in [5.41, 5.74) is 1.56. The summed E-state index contributed by atoms with van der Waals surface area (Å²) in [7, 11) is 0. The van der Waals surface area contributed by atoms with E-state index in [-0.39, 0.29) is 18.1 Å². The van der Waals surface area contributed by atoms with Crippen molar-refractivity contribution in [2.45, 2.75) is 6.42 Å². The van der Waals surface area contributed by atoms with Gasteiger partial charge in [0.05, 0.1) is 11.9 Å². The van der Waals surface area contributed by atoms with Gasteiger partial charge in [-0.3, -0.25) is 9.89 Å². The number of anilines is 1. The summed E-state index contributed by atoms with van der Waals surface area (Å²) in [6.07, 6.45) is 0.184. The van der Waals surface area contributed by atoms with Crippen LogP contribution in [0.4, 0.5) is 5.82 Å². The van der Waals surface area contributed by atoms with Crippen molar-refractivity contribution in [3.05, 3.63) is 42.0 Å². The number of aromatic hydroxyl groups is 1. The molecule has 4 rings (SSSR count). The highest BCUT2D eigenvalue weighted by Gasteiger charge is 2.14. The molecule has 2 heterocycles. The maximum Gasteiger partial charge on any atom is 0.230 e. The Bertz CT molecular complexity index is 919. The van der Waals surface area contributed by atoms with E-state index in [1.165, 1.54) is 0 Å². The fourth-order valence-corrected chi connectivity index (χ4v) is 2.66. The summed E-state index contributed by atoms with van der Waals surface area (Å²) in [6.45, 7) is 1.04. The van der Waals surface area contributed by atoms with Crippen LogP contribution in [0.15, 0.2) is 36.4 Å². The topological polar surface area (TPSA) is 96.5 Å². The molecule has 1 aromatic heterocycles. The van der Waals surface area contributed by atoms with Gasteiger partial charge in [-0.2, -0.15) is 5.10 Å². The molecule has 0 saturated heterocycles. The van der Waals surface area contributed by atoms with Crippen LogP contribution >= 0.6 is 0 Å². The van der Waals surface area contributed by atoms with Gasteiger partial charge in [0.1, 0.15) is 19.0 Å². The first-order valence-electron chi connectivity index (χ1n) is 7.54. The van der Waals surface area contributed by atoms with Gasteiger partial charge in [-0.1, -0.05) is 6.07 Å². The number of carbonyl (C=O) groups is 1. The predicted octanol–water partition coefficient (Wildman–Crippen LogP) is 2.22. The Hall–Kier alpha value is -3.22. The summed E-state index contributed by atoms with van der Waals surface area (Å²) in [5, 5.41) is 19.9. The molecule has 0 spiro atoms. The van der Waals surface area contributed by atoms with Crippen LogP contribution in [0.5, 0.6) is 17.2 Å². The van der Waals surface area contributed by atoms with Crippen LogP contribution in [0.2, 0.25) is 0 Å². The zero-order valence-electron chi connectivity index (χ0n) is 12.7. The molecule has 7 heteroatoms. The van der Waals surface area contributed by atoms with E-state index in [9.17, 15) is 9.90 Å². The van der Waals surface area contributed by atoms with E-state index < -0.39 is 0 Å². The number of carbonyl (C=O) groups excluding carboxylic acids is 1. The zero-order valence-corrected chi connectivity index (χ0v) is 12.7. The molecule has 0 aliphatic carbocycles. The molecule has 1 aliphatic heterocycles. The highest BCUT2D eigenvalue weighted by Crippen LogP contribution is 2.31. The minimum atomic E-state index is -0.205. The molecule has 1 aliphatic rings. The maximum atomic E-state index is 12.3. The molecule has 7 nitrogen and oxygen atoms in total. The first-order chi connectivity index (χ1) is 11.7. The Labute approximate surface area is 137 Å². The molecule has 122 valence electrons. The van der Waals surface area contributed by atoms with Crippen molar-refractivity contribution in [2.24, 2.45) is 0 Å². The number of benzene rings is 2. The number of amides is 1. The lowest BCUT2D eigenvalue weighted by Gasteiger charge is -2.18. The fraction of sp³-hybridized carbons (Fsp3) is 0.176. The number of phenols is 1. The molecule has 0 radical (unpaired) electrons. The minimum Gasteiger partial charge on any atom is -0.508 e. The highest BCUT2D eigenvalue weighted by molar-refractivity contribution is 6.00. The fourth-order valence-electron chi connectivity index (χ4n) is 2.66. The zero-order chi connectivity index (χ0) is 16.5. The van der Waals surface area contributed by atoms with Crippen LogP contribution in [-0.4, -0.2) is 34.4 Å².